The van der Waals surface area contributed by atoms with Gasteiger partial charge in [-0.25, -0.2) is 9.82 Å². The van der Waals surface area contributed by atoms with Crippen molar-refractivity contribution in [2.75, 3.05) is 11.4 Å². The molecular weight excluding hydrogens is 357 g/mol. The summed E-state index contributed by atoms with van der Waals surface area (Å²) in [5.74, 6) is -1.55. The highest BCUT2D eigenvalue weighted by molar-refractivity contribution is 6.33. The first-order chi connectivity index (χ1) is 12.5. The van der Waals surface area contributed by atoms with E-state index in [1.807, 2.05) is 31.2 Å². The maximum Gasteiger partial charge on any atom is 0.245 e. The van der Waals surface area contributed by atoms with E-state index >= 15 is 0 Å². The van der Waals surface area contributed by atoms with Gasteiger partial charge in [0.05, 0.1) is 17.2 Å². The van der Waals surface area contributed by atoms with Crippen molar-refractivity contribution < 1.29 is 14.0 Å². The summed E-state index contributed by atoms with van der Waals surface area (Å²) >= 11 is 5.89. The first kappa shape index (κ1) is 18.1. The van der Waals surface area contributed by atoms with Crippen LogP contribution < -0.4 is 10.3 Å². The molecule has 2 aromatic carbocycles. The average molecular weight is 374 g/mol. The number of benzene rings is 2. The number of hydrazone groups is 1. The van der Waals surface area contributed by atoms with Crippen LogP contribution >= 0.6 is 11.6 Å². The Kier molecular flexibility index (Phi) is 5.32. The molecule has 2 aromatic rings. The second kappa shape index (κ2) is 7.66. The second-order valence-electron chi connectivity index (χ2n) is 6.11. The van der Waals surface area contributed by atoms with Crippen LogP contribution in [0.5, 0.6) is 0 Å². The Morgan fingerprint density at radius 1 is 1.31 bits per heavy atom. The van der Waals surface area contributed by atoms with E-state index in [1.54, 1.807) is 4.90 Å². The highest BCUT2D eigenvalue weighted by Crippen LogP contribution is 2.25. The molecule has 134 valence electrons. The fourth-order valence-electron chi connectivity index (χ4n) is 2.74. The number of nitrogens with zero attached hydrogens (tertiary/aromatic N) is 2. The lowest BCUT2D eigenvalue weighted by Gasteiger charge is -2.16. The normalized spacial score (nSPS) is 17.1. The minimum Gasteiger partial charge on any atom is -0.312 e. The van der Waals surface area contributed by atoms with Crippen molar-refractivity contribution >= 4 is 35.3 Å². The number of amides is 2. The summed E-state index contributed by atoms with van der Waals surface area (Å²) in [5, 5.41) is 3.96. The summed E-state index contributed by atoms with van der Waals surface area (Å²) in [7, 11) is 0. The molecule has 1 fully saturated rings. The number of aryl methyl sites for hydroxylation is 1. The van der Waals surface area contributed by atoms with Crippen LogP contribution in [0.4, 0.5) is 10.1 Å². The van der Waals surface area contributed by atoms with Gasteiger partial charge in [0.15, 0.2) is 0 Å². The van der Waals surface area contributed by atoms with E-state index in [0.717, 1.165) is 17.5 Å². The molecule has 1 aliphatic rings. The molecule has 1 N–H and O–H groups in total. The summed E-state index contributed by atoms with van der Waals surface area (Å²) in [6.07, 6.45) is 1.26. The third-order valence-corrected chi connectivity index (χ3v) is 4.54. The summed E-state index contributed by atoms with van der Waals surface area (Å²) in [6.45, 7) is 2.25. The van der Waals surface area contributed by atoms with Crippen LogP contribution in [-0.2, 0) is 9.59 Å². The molecule has 0 saturated carbocycles. The molecule has 7 heteroatoms. The molecule has 0 spiro atoms. The Morgan fingerprint density at radius 2 is 2.04 bits per heavy atom. The molecule has 26 heavy (non-hydrogen) atoms. The molecule has 1 atom stereocenters. The Morgan fingerprint density at radius 3 is 2.73 bits per heavy atom. The van der Waals surface area contributed by atoms with Crippen molar-refractivity contribution in [2.45, 2.75) is 13.3 Å². The quantitative estimate of drug-likeness (QED) is 0.660. The first-order valence-corrected chi connectivity index (χ1v) is 8.47. The number of hydrogen-bond donors (Lipinski definition) is 1. The van der Waals surface area contributed by atoms with Gasteiger partial charge in [-0.15, -0.1) is 0 Å². The predicted octanol–water partition coefficient (Wildman–Crippen LogP) is 3.29. The number of anilines is 1. The zero-order chi connectivity index (χ0) is 18.7. The van der Waals surface area contributed by atoms with Gasteiger partial charge in [-0.1, -0.05) is 35.4 Å². The van der Waals surface area contributed by atoms with Crippen LogP contribution in [-0.4, -0.2) is 24.6 Å². The topological polar surface area (TPSA) is 61.8 Å². The Bertz CT molecular complexity index is 847. The van der Waals surface area contributed by atoms with Gasteiger partial charge in [0.25, 0.3) is 0 Å². The van der Waals surface area contributed by atoms with Crippen molar-refractivity contribution in [3.05, 3.63) is 64.4 Å². The smallest absolute Gasteiger partial charge is 0.245 e. The van der Waals surface area contributed by atoms with Crippen molar-refractivity contribution in [1.82, 2.24) is 5.43 Å². The molecule has 0 aliphatic carbocycles. The average Bonchev–Trinajstić information content (AvgIpc) is 3.00. The molecule has 0 bridgehead atoms. The minimum atomic E-state index is -0.530. The maximum absolute atomic E-state index is 13.7. The predicted molar refractivity (Wildman–Crippen MR) is 98.8 cm³/mol. The second-order valence-corrected chi connectivity index (χ2v) is 6.52. The molecule has 1 heterocycles. The summed E-state index contributed by atoms with van der Waals surface area (Å²) in [4.78, 5) is 26.0. The molecule has 0 unspecified atom stereocenters. The fourth-order valence-corrected chi connectivity index (χ4v) is 2.96. The molecule has 0 radical (unpaired) electrons. The van der Waals surface area contributed by atoms with Crippen LogP contribution in [0.2, 0.25) is 5.02 Å². The lowest BCUT2D eigenvalue weighted by Crippen LogP contribution is -2.30. The van der Waals surface area contributed by atoms with E-state index in [1.165, 1.54) is 18.2 Å². The molecule has 3 rings (SSSR count). The Hall–Kier alpha value is -2.73. The van der Waals surface area contributed by atoms with Crippen LogP contribution in [0, 0.1) is 18.7 Å². The lowest BCUT2D eigenvalue weighted by atomic mass is 10.1. The van der Waals surface area contributed by atoms with Crippen LogP contribution in [0.1, 0.15) is 17.5 Å². The van der Waals surface area contributed by atoms with Crippen molar-refractivity contribution in [2.24, 2.45) is 11.0 Å². The Labute approximate surface area is 155 Å². The zero-order valence-corrected chi connectivity index (χ0v) is 14.8. The van der Waals surface area contributed by atoms with E-state index in [4.69, 9.17) is 11.6 Å². The van der Waals surface area contributed by atoms with Crippen LogP contribution in [0.15, 0.2) is 47.6 Å². The van der Waals surface area contributed by atoms with Gasteiger partial charge in [0.2, 0.25) is 11.8 Å². The largest absolute Gasteiger partial charge is 0.312 e. The third kappa shape index (κ3) is 3.91. The highest BCUT2D eigenvalue weighted by Gasteiger charge is 2.35. The SMILES string of the molecule is Cc1ccc(N2C[C@@H](C(=O)N/N=C\c3c(F)cccc3Cl)CC2=O)cc1. The molecule has 5 nitrogen and oxygen atoms in total. The van der Waals surface area contributed by atoms with Gasteiger partial charge in [0.1, 0.15) is 5.82 Å². The van der Waals surface area contributed by atoms with E-state index < -0.39 is 17.6 Å². The number of carbonyl (C=O) groups is 2. The Balaban J connectivity index is 1.63. The van der Waals surface area contributed by atoms with Crippen LogP contribution in [0.3, 0.4) is 0 Å². The van der Waals surface area contributed by atoms with Gasteiger partial charge in [-0.3, -0.25) is 9.59 Å². The van der Waals surface area contributed by atoms with Gasteiger partial charge >= 0.3 is 0 Å². The fraction of sp³-hybridized carbons (Fsp3) is 0.211. The number of nitrogens with one attached hydrogen (secondary N) is 1. The number of halogens is 2. The van der Waals surface area contributed by atoms with Crippen molar-refractivity contribution in [1.29, 1.82) is 0 Å². The van der Waals surface area contributed by atoms with Gasteiger partial charge < -0.3 is 4.90 Å². The lowest BCUT2D eigenvalue weighted by molar-refractivity contribution is -0.126. The zero-order valence-electron chi connectivity index (χ0n) is 14.1. The maximum atomic E-state index is 13.7. The third-order valence-electron chi connectivity index (χ3n) is 4.21. The molecule has 1 aliphatic heterocycles. The number of hydrogen-bond acceptors (Lipinski definition) is 3. The highest BCUT2D eigenvalue weighted by atomic mass is 35.5. The molecule has 1 saturated heterocycles. The van der Waals surface area contributed by atoms with E-state index in [9.17, 15) is 14.0 Å². The standard InChI is InChI=1S/C19H17ClFN3O2/c1-12-5-7-14(8-6-12)24-11-13(9-18(24)25)19(26)23-22-10-15-16(20)3-2-4-17(15)21/h2-8,10,13H,9,11H2,1H3,(H,23,26)/b22-10-/t13-/m0/s1. The van der Waals surface area contributed by atoms with Gasteiger partial charge in [-0.05, 0) is 31.2 Å². The van der Waals surface area contributed by atoms with E-state index in [2.05, 4.69) is 10.5 Å². The number of rotatable bonds is 4. The molecule has 0 aromatic heterocycles. The van der Waals surface area contributed by atoms with Crippen molar-refractivity contribution in [3.63, 3.8) is 0 Å². The summed E-state index contributed by atoms with van der Waals surface area (Å²) in [5.41, 5.74) is 4.31. The summed E-state index contributed by atoms with van der Waals surface area (Å²) < 4.78 is 13.7. The minimum absolute atomic E-state index is 0.0956. The van der Waals surface area contributed by atoms with Gasteiger partial charge in [0, 0.05) is 24.2 Å². The first-order valence-electron chi connectivity index (χ1n) is 8.09. The monoisotopic (exact) mass is 373 g/mol. The van der Waals surface area contributed by atoms with Crippen molar-refractivity contribution in [3.8, 4) is 0 Å². The summed E-state index contributed by atoms with van der Waals surface area (Å²) in [6, 6.07) is 11.8. The molecule has 2 amide bonds. The van der Waals surface area contributed by atoms with Crippen LogP contribution in [0.25, 0.3) is 0 Å². The van der Waals surface area contributed by atoms with E-state index in [0.29, 0.717) is 0 Å². The van der Waals surface area contributed by atoms with E-state index in [-0.39, 0.29) is 29.5 Å². The number of carbonyl (C=O) groups excluding carboxylic acids is 2. The van der Waals surface area contributed by atoms with Gasteiger partial charge in [-0.2, -0.15) is 5.10 Å². The molecular formula is C19H17ClFN3O2.